The second kappa shape index (κ2) is 9.88. The first-order valence-corrected chi connectivity index (χ1v) is 8.23. The lowest BCUT2D eigenvalue weighted by Gasteiger charge is -2.10. The molecule has 2 aromatic rings. The third-order valence-electron chi connectivity index (χ3n) is 2.71. The number of aromatic nitrogens is 2. The molecular weight excluding hydrogens is 440 g/mol. The molecule has 0 spiro atoms. The smallest absolute Gasteiger partial charge is 0.229 e. The van der Waals surface area contributed by atoms with Gasteiger partial charge in [-0.2, -0.15) is 4.98 Å². The molecule has 1 heterocycles. The van der Waals surface area contributed by atoms with Crippen molar-refractivity contribution in [1.82, 2.24) is 15.3 Å². The SMILES string of the molecule is CC(=O)NCCNc1nc(Nc2ccc(Cl)c(Cl)c2)ncc1Br.Cl. The molecule has 2 rings (SSSR count). The Morgan fingerprint density at radius 1 is 1.25 bits per heavy atom. The van der Waals surface area contributed by atoms with Crippen molar-refractivity contribution in [1.29, 1.82) is 0 Å². The molecule has 10 heteroatoms. The monoisotopic (exact) mass is 453 g/mol. The summed E-state index contributed by atoms with van der Waals surface area (Å²) in [5, 5.41) is 9.79. The lowest BCUT2D eigenvalue weighted by atomic mass is 10.3. The van der Waals surface area contributed by atoms with Crippen LogP contribution in [0, 0.1) is 0 Å². The third kappa shape index (κ3) is 6.32. The van der Waals surface area contributed by atoms with E-state index in [2.05, 4.69) is 41.8 Å². The number of carbonyl (C=O) groups excluding carboxylic acids is 1. The van der Waals surface area contributed by atoms with Crippen molar-refractivity contribution in [2.75, 3.05) is 23.7 Å². The van der Waals surface area contributed by atoms with Gasteiger partial charge in [-0.3, -0.25) is 4.79 Å². The minimum atomic E-state index is -0.0736. The summed E-state index contributed by atoms with van der Waals surface area (Å²) in [5.74, 6) is 0.956. The predicted octanol–water partition coefficient (Wildman–Crippen LogP) is 4.26. The van der Waals surface area contributed by atoms with E-state index in [4.69, 9.17) is 23.2 Å². The molecule has 0 saturated heterocycles. The van der Waals surface area contributed by atoms with Crippen molar-refractivity contribution < 1.29 is 4.79 Å². The van der Waals surface area contributed by atoms with Gasteiger partial charge in [0.25, 0.3) is 0 Å². The van der Waals surface area contributed by atoms with E-state index in [0.717, 1.165) is 10.2 Å². The van der Waals surface area contributed by atoms with Gasteiger partial charge in [-0.05, 0) is 34.1 Å². The van der Waals surface area contributed by atoms with Crippen LogP contribution in [-0.4, -0.2) is 29.0 Å². The molecule has 1 amide bonds. The molecule has 0 aliphatic heterocycles. The molecule has 130 valence electrons. The van der Waals surface area contributed by atoms with Gasteiger partial charge in [0.15, 0.2) is 0 Å². The van der Waals surface area contributed by atoms with Crippen LogP contribution in [-0.2, 0) is 4.79 Å². The zero-order chi connectivity index (χ0) is 16.8. The van der Waals surface area contributed by atoms with Gasteiger partial charge in [0.2, 0.25) is 11.9 Å². The number of hydrogen-bond acceptors (Lipinski definition) is 5. The zero-order valence-corrected chi connectivity index (χ0v) is 16.5. The summed E-state index contributed by atoms with van der Waals surface area (Å²) < 4.78 is 0.722. The first-order valence-electron chi connectivity index (χ1n) is 6.68. The maximum Gasteiger partial charge on any atom is 0.229 e. The highest BCUT2D eigenvalue weighted by Crippen LogP contribution is 2.27. The largest absolute Gasteiger partial charge is 0.367 e. The molecule has 24 heavy (non-hydrogen) atoms. The lowest BCUT2D eigenvalue weighted by Crippen LogP contribution is -2.26. The molecule has 0 bridgehead atoms. The van der Waals surface area contributed by atoms with Gasteiger partial charge in [-0.1, -0.05) is 23.2 Å². The second-order valence-electron chi connectivity index (χ2n) is 4.55. The Kier molecular flexibility index (Phi) is 8.55. The summed E-state index contributed by atoms with van der Waals surface area (Å²) >= 11 is 15.2. The number of halogens is 4. The number of hydrogen-bond donors (Lipinski definition) is 3. The number of anilines is 3. The van der Waals surface area contributed by atoms with Crippen molar-refractivity contribution in [3.8, 4) is 0 Å². The topological polar surface area (TPSA) is 78.9 Å². The third-order valence-corrected chi connectivity index (χ3v) is 4.03. The number of carbonyl (C=O) groups is 1. The van der Waals surface area contributed by atoms with Gasteiger partial charge in [0.05, 0.1) is 14.5 Å². The Balaban J connectivity index is 0.00000288. The Bertz CT molecular complexity index is 717. The molecule has 0 aliphatic carbocycles. The number of nitrogens with one attached hydrogen (secondary N) is 3. The van der Waals surface area contributed by atoms with Gasteiger partial charge in [0.1, 0.15) is 5.82 Å². The fraction of sp³-hybridized carbons (Fsp3) is 0.214. The van der Waals surface area contributed by atoms with E-state index in [0.29, 0.717) is 34.9 Å². The van der Waals surface area contributed by atoms with Crippen LogP contribution in [0.4, 0.5) is 17.5 Å². The van der Waals surface area contributed by atoms with E-state index in [1.165, 1.54) is 6.92 Å². The fourth-order valence-electron chi connectivity index (χ4n) is 1.67. The zero-order valence-electron chi connectivity index (χ0n) is 12.6. The number of benzene rings is 1. The Morgan fingerprint density at radius 2 is 2.00 bits per heavy atom. The summed E-state index contributed by atoms with van der Waals surface area (Å²) in [6.07, 6.45) is 1.63. The molecule has 0 aliphatic rings. The van der Waals surface area contributed by atoms with Gasteiger partial charge < -0.3 is 16.0 Å². The second-order valence-corrected chi connectivity index (χ2v) is 6.22. The highest BCUT2D eigenvalue weighted by molar-refractivity contribution is 9.10. The number of rotatable bonds is 6. The molecule has 1 aromatic carbocycles. The van der Waals surface area contributed by atoms with E-state index in [1.54, 1.807) is 24.4 Å². The molecular formula is C14H15BrCl3N5O. The van der Waals surface area contributed by atoms with Crippen LogP contribution in [0.2, 0.25) is 10.0 Å². The van der Waals surface area contributed by atoms with Crippen LogP contribution >= 0.6 is 51.5 Å². The fourth-order valence-corrected chi connectivity index (χ4v) is 2.30. The highest BCUT2D eigenvalue weighted by Gasteiger charge is 2.06. The first kappa shape index (κ1) is 20.8. The van der Waals surface area contributed by atoms with Gasteiger partial charge >= 0.3 is 0 Å². The van der Waals surface area contributed by atoms with Crippen LogP contribution < -0.4 is 16.0 Å². The first-order chi connectivity index (χ1) is 11.0. The summed E-state index contributed by atoms with van der Waals surface area (Å²) in [6.45, 7) is 2.52. The molecule has 3 N–H and O–H groups in total. The molecule has 0 saturated carbocycles. The molecule has 1 aromatic heterocycles. The lowest BCUT2D eigenvalue weighted by molar-refractivity contribution is -0.118. The Hall–Kier alpha value is -1.28. The standard InChI is InChI=1S/C14H14BrCl2N5O.ClH/c1-8(23)18-4-5-19-13-10(15)7-20-14(22-13)21-9-2-3-11(16)12(17)6-9;/h2-3,6-7H,4-5H2,1H3,(H,18,23)(H2,19,20,21,22);1H. The van der Waals surface area contributed by atoms with Crippen molar-refractivity contribution in [2.24, 2.45) is 0 Å². The highest BCUT2D eigenvalue weighted by atomic mass is 79.9. The van der Waals surface area contributed by atoms with Crippen LogP contribution in [0.25, 0.3) is 0 Å². The van der Waals surface area contributed by atoms with Crippen molar-refractivity contribution in [3.05, 3.63) is 38.9 Å². The molecule has 6 nitrogen and oxygen atoms in total. The van der Waals surface area contributed by atoms with Crippen LogP contribution in [0.15, 0.2) is 28.9 Å². The van der Waals surface area contributed by atoms with Crippen LogP contribution in [0.3, 0.4) is 0 Å². The van der Waals surface area contributed by atoms with Gasteiger partial charge in [-0.25, -0.2) is 4.98 Å². The van der Waals surface area contributed by atoms with Crippen LogP contribution in [0.5, 0.6) is 0 Å². The Morgan fingerprint density at radius 3 is 2.67 bits per heavy atom. The predicted molar refractivity (Wildman–Crippen MR) is 104 cm³/mol. The minimum absolute atomic E-state index is 0. The van der Waals surface area contributed by atoms with E-state index < -0.39 is 0 Å². The maximum absolute atomic E-state index is 10.8. The molecule has 0 atom stereocenters. The van der Waals surface area contributed by atoms with E-state index in [9.17, 15) is 4.79 Å². The average Bonchev–Trinajstić information content (AvgIpc) is 2.50. The van der Waals surface area contributed by atoms with E-state index in [-0.39, 0.29) is 18.3 Å². The maximum atomic E-state index is 10.8. The molecule has 0 unspecified atom stereocenters. The summed E-state index contributed by atoms with van der Waals surface area (Å²) in [4.78, 5) is 19.4. The Labute approximate surface area is 164 Å². The number of amides is 1. The van der Waals surface area contributed by atoms with Gasteiger partial charge in [-0.15, -0.1) is 12.4 Å². The van der Waals surface area contributed by atoms with E-state index in [1.807, 2.05) is 0 Å². The normalized spacial score (nSPS) is 9.83. The van der Waals surface area contributed by atoms with Crippen molar-refractivity contribution in [3.63, 3.8) is 0 Å². The summed E-state index contributed by atoms with van der Waals surface area (Å²) in [5.41, 5.74) is 0.728. The minimum Gasteiger partial charge on any atom is -0.367 e. The average molecular weight is 456 g/mol. The van der Waals surface area contributed by atoms with E-state index >= 15 is 0 Å². The van der Waals surface area contributed by atoms with Gasteiger partial charge in [0, 0.05) is 31.9 Å². The molecule has 0 fully saturated rings. The quantitative estimate of drug-likeness (QED) is 0.568. The molecule has 0 radical (unpaired) electrons. The summed E-state index contributed by atoms with van der Waals surface area (Å²) in [6, 6.07) is 5.17. The summed E-state index contributed by atoms with van der Waals surface area (Å²) in [7, 11) is 0. The number of nitrogens with zero attached hydrogens (tertiary/aromatic N) is 2. The van der Waals surface area contributed by atoms with Crippen molar-refractivity contribution >= 4 is 74.9 Å². The van der Waals surface area contributed by atoms with Crippen LogP contribution in [0.1, 0.15) is 6.92 Å². The van der Waals surface area contributed by atoms with Crippen molar-refractivity contribution in [2.45, 2.75) is 6.92 Å².